The summed E-state index contributed by atoms with van der Waals surface area (Å²) in [6.07, 6.45) is 6.95. The second-order valence-electron chi connectivity index (χ2n) is 25.7. The van der Waals surface area contributed by atoms with E-state index in [-0.39, 0.29) is 71.3 Å². The molecule has 0 aliphatic heterocycles. The number of nitrogens with one attached hydrogen (secondary N) is 1. The van der Waals surface area contributed by atoms with Crippen molar-refractivity contribution in [2.75, 3.05) is 0 Å². The van der Waals surface area contributed by atoms with Gasteiger partial charge < -0.3 is 20.9 Å². The highest BCUT2D eigenvalue weighted by molar-refractivity contribution is 9.10. The Morgan fingerprint density at radius 2 is 0.892 bits per heavy atom. The number of ketones is 4. The zero-order chi connectivity index (χ0) is 76.1. The van der Waals surface area contributed by atoms with Gasteiger partial charge in [-0.1, -0.05) is 25.7 Å². The number of hydrogen-bond donors (Lipinski definition) is 3. The molecule has 0 spiro atoms. The minimum atomic E-state index is -2.37. The van der Waals surface area contributed by atoms with Crippen molar-refractivity contribution in [3.8, 4) is 0 Å². The summed E-state index contributed by atoms with van der Waals surface area (Å²) in [5.74, 6) is -23.7. The number of aliphatic hydroxyl groups is 1. The van der Waals surface area contributed by atoms with Crippen LogP contribution < -0.4 is 11.1 Å². The monoisotopic (exact) mass is 1530 g/mol. The van der Waals surface area contributed by atoms with Crippen LogP contribution in [0.25, 0.3) is 0 Å². The third-order valence-corrected chi connectivity index (χ3v) is 18.1. The van der Waals surface area contributed by atoms with Crippen molar-refractivity contribution in [2.45, 2.75) is 189 Å². The van der Waals surface area contributed by atoms with Gasteiger partial charge in [-0.05, 0) is 149 Å². The molecular formula is C71H68BrF18N3O9. The van der Waals surface area contributed by atoms with E-state index in [1.807, 2.05) is 0 Å². The number of ether oxygens (including phenoxy) is 1. The lowest BCUT2D eigenvalue weighted by atomic mass is 9.75. The van der Waals surface area contributed by atoms with Crippen LogP contribution in [0.2, 0.25) is 0 Å². The number of carbonyl (C=O) groups is 5. The first-order valence-electron chi connectivity index (χ1n) is 32.0. The number of alkyl carbamates (subject to hydrolysis) is 1. The number of halogens is 19. The zero-order valence-electron chi connectivity index (χ0n) is 54.7. The quantitative estimate of drug-likeness (QED) is 0.0455. The van der Waals surface area contributed by atoms with Crippen LogP contribution in [0.15, 0.2) is 77.3 Å². The first-order chi connectivity index (χ1) is 47.7. The average Bonchev–Trinajstić information content (AvgIpc) is 0.770. The van der Waals surface area contributed by atoms with Gasteiger partial charge in [-0.15, -0.1) is 0 Å². The van der Waals surface area contributed by atoms with Crippen LogP contribution in [-0.2, 0) is 40.5 Å². The van der Waals surface area contributed by atoms with Crippen molar-refractivity contribution < 1.29 is 118 Å². The molecule has 0 heterocycles. The van der Waals surface area contributed by atoms with E-state index in [2.05, 4.69) is 21.2 Å². The number of nitrogens with zero attached hydrogens (tertiary/aromatic N) is 1. The minimum Gasteiger partial charge on any atom is -0.444 e. The van der Waals surface area contributed by atoms with Gasteiger partial charge in [0.1, 0.15) is 57.4 Å². The molecular weight excluding hydrogens is 1460 g/mol. The normalized spacial score (nSPS) is 21.9. The molecule has 6 aromatic carbocycles. The lowest BCUT2D eigenvalue weighted by molar-refractivity contribution is -0.564. The summed E-state index contributed by atoms with van der Waals surface area (Å²) < 4.78 is 242. The van der Waals surface area contributed by atoms with Crippen LogP contribution in [-0.4, -0.2) is 51.0 Å². The molecule has 6 atom stereocenters. The number of rotatable bonds is 7. The molecule has 5 fully saturated rings. The largest absolute Gasteiger partial charge is 0.444 e. The molecule has 554 valence electrons. The second kappa shape index (κ2) is 35.3. The van der Waals surface area contributed by atoms with E-state index >= 15 is 0 Å². The topological polar surface area (TPSA) is 196 Å². The summed E-state index contributed by atoms with van der Waals surface area (Å²) in [4.78, 5) is 70.1. The number of aliphatic hydroxyl groups excluding tert-OH is 1. The number of nitro groups is 1. The molecule has 0 aromatic heterocycles. The Kier molecular flexibility index (Phi) is 28.7. The smallest absolute Gasteiger partial charge is 0.408 e. The average molecular weight is 1530 g/mol. The van der Waals surface area contributed by atoms with Gasteiger partial charge in [0.25, 0.3) is 0 Å². The molecule has 4 N–H and O–H groups in total. The van der Waals surface area contributed by atoms with Crippen LogP contribution in [0.4, 0.5) is 83.8 Å². The Morgan fingerprint density at radius 3 is 1.38 bits per heavy atom. The number of nitrogens with two attached hydrogens (primary N) is 1. The van der Waals surface area contributed by atoms with Crippen molar-refractivity contribution in [2.24, 2.45) is 5.73 Å². The SMILES string of the molecule is CC(C)(C)OC(=O)NC1(c2cc(F)cc(F)c2F)CCCCC1=O.Fc1cc(F)c(F)c(Br)c1.NC1(c2cc(F)cc(F)c2F)CCCCC1=O.O=C1CCCCC1(c1cc(F)cc(F)c1F)[N+](=O)[O-].O=C1CCCCC1c1cc(F)cc(F)c1F.OC1CCCCC1c1cc(F)cc(F)c1F. The Bertz CT molecular complexity index is 4090. The molecule has 11 rings (SSSR count). The molecule has 0 radical (unpaired) electrons. The van der Waals surface area contributed by atoms with Gasteiger partial charge in [-0.2, -0.15) is 0 Å². The summed E-state index contributed by atoms with van der Waals surface area (Å²) in [5, 5.41) is 23.3. The Morgan fingerprint density at radius 1 is 0.490 bits per heavy atom. The Labute approximate surface area is 581 Å². The summed E-state index contributed by atoms with van der Waals surface area (Å²) in [6, 6.07) is 7.48. The van der Waals surface area contributed by atoms with Crippen molar-refractivity contribution in [1.82, 2.24) is 5.32 Å². The predicted molar refractivity (Wildman–Crippen MR) is 335 cm³/mol. The fraction of sp³-hybridized carbons (Fsp3) is 0.423. The first kappa shape index (κ1) is 82.8. The molecule has 0 bridgehead atoms. The molecule has 6 unspecified atom stereocenters. The second-order valence-corrected chi connectivity index (χ2v) is 26.6. The van der Waals surface area contributed by atoms with Crippen LogP contribution in [0, 0.1) is 115 Å². The fourth-order valence-electron chi connectivity index (χ4n) is 12.5. The first-order valence-corrected chi connectivity index (χ1v) is 32.8. The van der Waals surface area contributed by atoms with Crippen LogP contribution in [0.5, 0.6) is 0 Å². The van der Waals surface area contributed by atoms with E-state index < -0.39 is 179 Å². The third kappa shape index (κ3) is 20.2. The number of Topliss-reactive ketones (excluding diaryl/α,β-unsaturated/α-hetero) is 4. The molecule has 31 heteroatoms. The van der Waals surface area contributed by atoms with Gasteiger partial charge in [0.15, 0.2) is 81.4 Å². The summed E-state index contributed by atoms with van der Waals surface area (Å²) in [6.45, 7) is 4.89. The maximum atomic E-state index is 14.3. The van der Waals surface area contributed by atoms with Crippen molar-refractivity contribution in [3.05, 3.63) is 220 Å². The van der Waals surface area contributed by atoms with E-state index in [4.69, 9.17) is 10.5 Å². The van der Waals surface area contributed by atoms with Crippen LogP contribution >= 0.6 is 15.9 Å². The van der Waals surface area contributed by atoms with Crippen molar-refractivity contribution in [3.63, 3.8) is 0 Å². The lowest BCUT2D eigenvalue weighted by Gasteiger charge is -2.37. The van der Waals surface area contributed by atoms with Gasteiger partial charge in [0.05, 0.1) is 16.1 Å². The summed E-state index contributed by atoms with van der Waals surface area (Å²) in [5.41, 5.74) is -2.66. The standard InChI is InChI=1S/C17H20F3NO3.C12H10F3NO3.C12H12F3NO.C12H13F3O.C12H11F3O.C6H2BrF3/c1-16(2,3)24-15(23)21-17(7-5-4-6-13(17)22)11-8-10(18)9-12(19)14(11)20;13-7-5-8(11(15)9(14)6-7)12(16(18)19)4-2-1-3-10(12)17;13-7-5-8(11(15)9(14)6-7)12(16)4-2-1-3-10(12)17;2*13-7-5-9(12(15)10(14)6-7)8-3-1-2-4-11(8)16;7-4-1-3(8)2-5(9)6(4)10/h8-9H,4-7H2,1-3H3,(H,21,23);5-6H,1-4H2;5-6H,1-4,16H2;5-6,8,11,16H,1-4H2;5-6,8H,1-4H2;1-2H. The van der Waals surface area contributed by atoms with Gasteiger partial charge in [-0.3, -0.25) is 29.3 Å². The molecule has 0 saturated heterocycles. The predicted octanol–water partition coefficient (Wildman–Crippen LogP) is 18.4. The molecule has 6 aromatic rings. The molecule has 5 aliphatic rings. The molecule has 102 heavy (non-hydrogen) atoms. The molecule has 12 nitrogen and oxygen atoms in total. The van der Waals surface area contributed by atoms with E-state index in [1.165, 1.54) is 0 Å². The molecule has 5 aliphatic carbocycles. The van der Waals surface area contributed by atoms with Gasteiger partial charge in [0.2, 0.25) is 5.78 Å². The Balaban J connectivity index is 0.000000195. The van der Waals surface area contributed by atoms with Crippen molar-refractivity contribution in [1.29, 1.82) is 0 Å². The number of carbonyl (C=O) groups excluding carboxylic acids is 5. The maximum Gasteiger partial charge on any atom is 0.408 e. The van der Waals surface area contributed by atoms with Gasteiger partial charge in [0, 0.05) is 102 Å². The van der Waals surface area contributed by atoms with E-state index in [0.29, 0.717) is 107 Å². The highest BCUT2D eigenvalue weighted by Crippen LogP contribution is 2.42. The summed E-state index contributed by atoms with van der Waals surface area (Å²) in [7, 11) is 0. The zero-order valence-corrected chi connectivity index (χ0v) is 56.3. The summed E-state index contributed by atoms with van der Waals surface area (Å²) >= 11 is 2.64. The minimum absolute atomic E-state index is 0.0373. The number of amides is 1. The van der Waals surface area contributed by atoms with E-state index in [9.17, 15) is 118 Å². The van der Waals surface area contributed by atoms with Crippen LogP contribution in [0.1, 0.15) is 189 Å². The lowest BCUT2D eigenvalue weighted by Crippen LogP contribution is -2.55. The van der Waals surface area contributed by atoms with Crippen LogP contribution in [0.3, 0.4) is 0 Å². The van der Waals surface area contributed by atoms with E-state index in [0.717, 1.165) is 56.0 Å². The highest BCUT2D eigenvalue weighted by Gasteiger charge is 2.55. The fourth-order valence-corrected chi connectivity index (χ4v) is 12.9. The van der Waals surface area contributed by atoms with E-state index in [1.54, 1.807) is 20.8 Å². The number of benzene rings is 6. The highest BCUT2D eigenvalue weighted by atomic mass is 79.9. The number of hydrogen-bond acceptors (Lipinski definition) is 10. The van der Waals surface area contributed by atoms with Gasteiger partial charge >= 0.3 is 11.6 Å². The van der Waals surface area contributed by atoms with Crippen molar-refractivity contribution >= 4 is 45.2 Å². The Hall–Kier alpha value is -8.19. The molecule has 1 amide bonds. The maximum absolute atomic E-state index is 14.3. The third-order valence-electron chi connectivity index (χ3n) is 17.5. The van der Waals surface area contributed by atoms with Gasteiger partial charge in [-0.25, -0.2) is 83.8 Å². The molecule has 5 saturated carbocycles.